The molecule has 2 rings (SSSR count). The Hall–Kier alpha value is -1.94. The number of methoxy groups -OCH3 is 1. The van der Waals surface area contributed by atoms with Gasteiger partial charge in [0.25, 0.3) is 0 Å². The highest BCUT2D eigenvalue weighted by atomic mass is 19.1. The normalized spacial score (nSPS) is 12.3. The van der Waals surface area contributed by atoms with E-state index >= 15 is 0 Å². The first kappa shape index (κ1) is 13.5. The minimum absolute atomic E-state index is 0.295. The van der Waals surface area contributed by atoms with Crippen LogP contribution < -0.4 is 10.5 Å². The molecule has 0 fully saturated rings. The average Bonchev–Trinajstić information content (AvgIpc) is 2.37. The van der Waals surface area contributed by atoms with Gasteiger partial charge in [-0.1, -0.05) is 12.1 Å². The SMILES string of the molecule is COc1ncccc1C(N)c1c(C)cc(C)cc1F. The maximum atomic E-state index is 14.1. The molecule has 100 valence electrons. The number of aryl methyl sites for hydroxylation is 2. The van der Waals surface area contributed by atoms with Gasteiger partial charge in [-0.3, -0.25) is 0 Å². The number of pyridine rings is 1. The summed E-state index contributed by atoms with van der Waals surface area (Å²) in [6, 6.07) is 6.38. The summed E-state index contributed by atoms with van der Waals surface area (Å²) in [6.45, 7) is 3.71. The van der Waals surface area contributed by atoms with Crippen LogP contribution in [-0.2, 0) is 0 Å². The lowest BCUT2D eigenvalue weighted by Gasteiger charge is -2.18. The molecule has 1 heterocycles. The molecule has 0 aliphatic carbocycles. The molecule has 0 spiro atoms. The van der Waals surface area contributed by atoms with Crippen LogP contribution in [0.15, 0.2) is 30.5 Å². The molecule has 19 heavy (non-hydrogen) atoms. The number of rotatable bonds is 3. The summed E-state index contributed by atoms with van der Waals surface area (Å²) in [5.74, 6) is 0.130. The van der Waals surface area contributed by atoms with E-state index in [1.54, 1.807) is 18.3 Å². The summed E-state index contributed by atoms with van der Waals surface area (Å²) >= 11 is 0. The first-order valence-electron chi connectivity index (χ1n) is 6.05. The molecule has 2 aromatic rings. The van der Waals surface area contributed by atoms with Gasteiger partial charge >= 0.3 is 0 Å². The molecule has 0 bridgehead atoms. The van der Waals surface area contributed by atoms with Crippen molar-refractivity contribution < 1.29 is 9.13 Å². The van der Waals surface area contributed by atoms with Crippen LogP contribution in [0, 0.1) is 19.7 Å². The largest absolute Gasteiger partial charge is 0.481 e. The van der Waals surface area contributed by atoms with Crippen molar-refractivity contribution in [2.24, 2.45) is 5.73 Å². The third-order valence-corrected chi connectivity index (χ3v) is 3.12. The van der Waals surface area contributed by atoms with Crippen molar-refractivity contribution >= 4 is 0 Å². The van der Waals surface area contributed by atoms with Crippen LogP contribution in [0.5, 0.6) is 5.88 Å². The highest BCUT2D eigenvalue weighted by Crippen LogP contribution is 2.30. The van der Waals surface area contributed by atoms with E-state index in [9.17, 15) is 4.39 Å². The summed E-state index contributed by atoms with van der Waals surface area (Å²) in [4.78, 5) is 4.10. The minimum Gasteiger partial charge on any atom is -0.481 e. The van der Waals surface area contributed by atoms with Crippen LogP contribution in [0.3, 0.4) is 0 Å². The van der Waals surface area contributed by atoms with Gasteiger partial charge < -0.3 is 10.5 Å². The zero-order valence-corrected chi connectivity index (χ0v) is 11.3. The van der Waals surface area contributed by atoms with Gasteiger partial charge in [0, 0.05) is 17.3 Å². The van der Waals surface area contributed by atoms with Crippen molar-refractivity contribution in [3.05, 3.63) is 58.5 Å². The molecular formula is C15H17FN2O. The van der Waals surface area contributed by atoms with Gasteiger partial charge in [0.15, 0.2) is 0 Å². The summed E-state index contributed by atoms with van der Waals surface area (Å²) in [6.07, 6.45) is 1.62. The fraction of sp³-hybridized carbons (Fsp3) is 0.267. The number of nitrogens with zero attached hydrogens (tertiary/aromatic N) is 1. The highest BCUT2D eigenvalue weighted by molar-refractivity contribution is 5.42. The van der Waals surface area contributed by atoms with Gasteiger partial charge in [-0.15, -0.1) is 0 Å². The van der Waals surface area contributed by atoms with Crippen molar-refractivity contribution in [2.45, 2.75) is 19.9 Å². The van der Waals surface area contributed by atoms with Crippen molar-refractivity contribution in [2.75, 3.05) is 7.11 Å². The zero-order chi connectivity index (χ0) is 14.0. The topological polar surface area (TPSA) is 48.1 Å². The maximum absolute atomic E-state index is 14.1. The van der Waals surface area contributed by atoms with E-state index in [4.69, 9.17) is 10.5 Å². The van der Waals surface area contributed by atoms with Crippen LogP contribution in [0.25, 0.3) is 0 Å². The van der Waals surface area contributed by atoms with Crippen molar-refractivity contribution in [1.82, 2.24) is 4.98 Å². The summed E-state index contributed by atoms with van der Waals surface area (Å²) in [5, 5.41) is 0. The lowest BCUT2D eigenvalue weighted by molar-refractivity contribution is 0.390. The molecule has 1 aromatic heterocycles. The van der Waals surface area contributed by atoms with E-state index in [0.29, 0.717) is 17.0 Å². The Kier molecular flexibility index (Phi) is 3.81. The van der Waals surface area contributed by atoms with Crippen LogP contribution in [0.1, 0.15) is 28.3 Å². The second-order valence-corrected chi connectivity index (χ2v) is 4.56. The molecule has 4 heteroatoms. The Morgan fingerprint density at radius 2 is 2.05 bits per heavy atom. The molecule has 3 nitrogen and oxygen atoms in total. The van der Waals surface area contributed by atoms with Gasteiger partial charge in [-0.2, -0.15) is 0 Å². The predicted molar refractivity (Wildman–Crippen MR) is 72.7 cm³/mol. The van der Waals surface area contributed by atoms with E-state index in [2.05, 4.69) is 4.98 Å². The van der Waals surface area contributed by atoms with Crippen molar-refractivity contribution in [3.63, 3.8) is 0 Å². The third kappa shape index (κ3) is 2.58. The molecule has 2 N–H and O–H groups in total. The Labute approximate surface area is 112 Å². The van der Waals surface area contributed by atoms with E-state index in [1.807, 2.05) is 19.9 Å². The molecule has 1 atom stereocenters. The smallest absolute Gasteiger partial charge is 0.218 e. The third-order valence-electron chi connectivity index (χ3n) is 3.12. The lowest BCUT2D eigenvalue weighted by Crippen LogP contribution is -2.17. The fourth-order valence-electron chi connectivity index (χ4n) is 2.29. The Balaban J connectivity index is 2.53. The quantitative estimate of drug-likeness (QED) is 0.923. The first-order valence-corrected chi connectivity index (χ1v) is 6.05. The molecular weight excluding hydrogens is 243 g/mol. The molecule has 0 aliphatic heterocycles. The number of aromatic nitrogens is 1. The predicted octanol–water partition coefficient (Wildman–Crippen LogP) is 2.89. The van der Waals surface area contributed by atoms with E-state index in [-0.39, 0.29) is 5.82 Å². The first-order chi connectivity index (χ1) is 9.04. The second kappa shape index (κ2) is 5.36. The average molecular weight is 260 g/mol. The number of nitrogens with two attached hydrogens (primary N) is 1. The Morgan fingerprint density at radius 3 is 2.68 bits per heavy atom. The number of benzene rings is 1. The maximum Gasteiger partial charge on any atom is 0.218 e. The Morgan fingerprint density at radius 1 is 1.32 bits per heavy atom. The van der Waals surface area contributed by atoms with Gasteiger partial charge in [0.1, 0.15) is 5.82 Å². The monoisotopic (exact) mass is 260 g/mol. The zero-order valence-electron chi connectivity index (χ0n) is 11.3. The minimum atomic E-state index is -0.593. The van der Waals surface area contributed by atoms with Crippen LogP contribution in [0.2, 0.25) is 0 Å². The van der Waals surface area contributed by atoms with Gasteiger partial charge in [0.05, 0.1) is 13.2 Å². The molecule has 1 aromatic carbocycles. The molecule has 0 saturated heterocycles. The van der Waals surface area contributed by atoms with E-state index in [0.717, 1.165) is 11.1 Å². The second-order valence-electron chi connectivity index (χ2n) is 4.56. The summed E-state index contributed by atoms with van der Waals surface area (Å²) < 4.78 is 19.3. The molecule has 0 amide bonds. The Bertz CT molecular complexity index is 575. The van der Waals surface area contributed by atoms with Crippen LogP contribution in [-0.4, -0.2) is 12.1 Å². The molecule has 1 unspecified atom stereocenters. The molecule has 0 radical (unpaired) electrons. The fourth-order valence-corrected chi connectivity index (χ4v) is 2.29. The van der Waals surface area contributed by atoms with Crippen LogP contribution >= 0.6 is 0 Å². The van der Waals surface area contributed by atoms with Crippen LogP contribution in [0.4, 0.5) is 4.39 Å². The standard InChI is InChI=1S/C15H17FN2O/c1-9-7-10(2)13(12(16)8-9)14(17)11-5-4-6-18-15(11)19-3/h4-8,14H,17H2,1-3H3. The highest BCUT2D eigenvalue weighted by Gasteiger charge is 2.20. The summed E-state index contributed by atoms with van der Waals surface area (Å²) in [7, 11) is 1.52. The van der Waals surface area contributed by atoms with Gasteiger partial charge in [0.2, 0.25) is 5.88 Å². The summed E-state index contributed by atoms with van der Waals surface area (Å²) in [5.41, 5.74) is 9.05. The number of hydrogen-bond donors (Lipinski definition) is 1. The number of ether oxygens (including phenoxy) is 1. The molecule has 0 saturated carbocycles. The van der Waals surface area contributed by atoms with E-state index < -0.39 is 6.04 Å². The van der Waals surface area contributed by atoms with E-state index in [1.165, 1.54) is 13.2 Å². The molecule has 0 aliphatic rings. The number of halogens is 1. The van der Waals surface area contributed by atoms with Gasteiger partial charge in [-0.05, 0) is 37.1 Å². The van der Waals surface area contributed by atoms with Crippen molar-refractivity contribution in [1.29, 1.82) is 0 Å². The number of hydrogen-bond acceptors (Lipinski definition) is 3. The van der Waals surface area contributed by atoms with Gasteiger partial charge in [-0.25, -0.2) is 9.37 Å². The lowest BCUT2D eigenvalue weighted by atomic mass is 9.94. The van der Waals surface area contributed by atoms with Crippen molar-refractivity contribution in [3.8, 4) is 5.88 Å².